The van der Waals surface area contributed by atoms with E-state index in [2.05, 4.69) is 0 Å². The van der Waals surface area contributed by atoms with Gasteiger partial charge in [0.15, 0.2) is 0 Å². The van der Waals surface area contributed by atoms with E-state index in [1.165, 1.54) is 0 Å². The maximum atomic E-state index is 14.2. The monoisotopic (exact) mass is 1270 g/mol. The summed E-state index contributed by atoms with van der Waals surface area (Å²) in [6, 6.07) is 39.2. The lowest BCUT2D eigenvalue weighted by Gasteiger charge is -2.30. The Hall–Kier alpha value is -7.14. The molecule has 0 atom stereocenters. The molecule has 0 saturated heterocycles. The Labute approximate surface area is 552 Å². The minimum Gasteiger partial charge on any atom is -0.444 e. The van der Waals surface area contributed by atoms with Gasteiger partial charge in [-0.3, -0.25) is 9.59 Å². The van der Waals surface area contributed by atoms with Crippen molar-refractivity contribution in [1.82, 2.24) is 29.4 Å². The van der Waals surface area contributed by atoms with E-state index in [1.807, 2.05) is 204 Å². The summed E-state index contributed by atoms with van der Waals surface area (Å²) in [6.07, 6.45) is 8.56. The standard InChI is InChI=1S/C75H114N6O11/c1-72(2,3)89-68(85)76(49-33-13-15-35-53-78(70(87)91-74(7,8)9)55-61-39-23-17-24-40-61)51-37-21-31-47-66(83)80(57-63-43-27-19-28-44-63)59-65(82)60-81(58-64-45-29-20-30-46-64)67(84)48-32-22-38-52-77(69(86)90-73(4,5)6)50-34-14-16-36-54-79(71(88)92-75(10,11)12)56-62-41-25-18-26-42-62/h17-20,23-30,39-46,65,82H,13-16,21-22,31-38,47-60H2,1-12H3. The molecular formula is C75H114N6O11. The molecule has 0 unspecified atom stereocenters. The van der Waals surface area contributed by atoms with Crippen molar-refractivity contribution in [3.05, 3.63) is 144 Å². The summed E-state index contributed by atoms with van der Waals surface area (Å²) in [5.41, 5.74) is 1.39. The Morgan fingerprint density at radius 3 is 0.750 bits per heavy atom. The number of carbonyl (C=O) groups excluding carboxylic acids is 6. The number of aliphatic hydroxyl groups is 1. The van der Waals surface area contributed by atoms with Crippen molar-refractivity contribution in [1.29, 1.82) is 0 Å². The van der Waals surface area contributed by atoms with Gasteiger partial charge in [-0.2, -0.15) is 0 Å². The fourth-order valence-corrected chi connectivity index (χ4v) is 10.4. The van der Waals surface area contributed by atoms with E-state index in [0.717, 1.165) is 73.6 Å². The molecule has 17 nitrogen and oxygen atoms in total. The summed E-state index contributed by atoms with van der Waals surface area (Å²) in [5.74, 6) is -0.207. The summed E-state index contributed by atoms with van der Waals surface area (Å²) in [5, 5.41) is 11.8. The molecule has 17 heteroatoms. The second kappa shape index (κ2) is 40.1. The van der Waals surface area contributed by atoms with Gasteiger partial charge in [0.25, 0.3) is 0 Å². The van der Waals surface area contributed by atoms with Crippen LogP contribution in [0.3, 0.4) is 0 Å². The van der Waals surface area contributed by atoms with Gasteiger partial charge >= 0.3 is 24.4 Å². The van der Waals surface area contributed by atoms with E-state index in [-0.39, 0.29) is 62.1 Å². The topological polar surface area (TPSA) is 179 Å². The van der Waals surface area contributed by atoms with Crippen LogP contribution in [-0.4, -0.2) is 152 Å². The molecule has 0 aliphatic rings. The number of hydrogen-bond acceptors (Lipinski definition) is 11. The van der Waals surface area contributed by atoms with Gasteiger partial charge in [0.2, 0.25) is 11.8 Å². The molecule has 92 heavy (non-hydrogen) atoms. The highest BCUT2D eigenvalue weighted by molar-refractivity contribution is 5.77. The zero-order chi connectivity index (χ0) is 67.6. The molecule has 0 heterocycles. The minimum absolute atomic E-state index is 0.0318. The van der Waals surface area contributed by atoms with E-state index in [0.29, 0.717) is 104 Å². The Balaban J connectivity index is 1.30. The first-order chi connectivity index (χ1) is 43.5. The van der Waals surface area contributed by atoms with Gasteiger partial charge in [0, 0.05) is 91.4 Å². The molecule has 0 bridgehead atoms. The summed E-state index contributed by atoms with van der Waals surface area (Å²) in [6.45, 7) is 27.1. The maximum absolute atomic E-state index is 14.2. The zero-order valence-electron chi connectivity index (χ0n) is 58.1. The van der Waals surface area contributed by atoms with E-state index < -0.39 is 28.5 Å². The Morgan fingerprint density at radius 2 is 0.511 bits per heavy atom. The first-order valence-electron chi connectivity index (χ1n) is 33.8. The van der Waals surface area contributed by atoms with Gasteiger partial charge in [-0.05, 0) is 157 Å². The molecule has 0 aliphatic carbocycles. The van der Waals surface area contributed by atoms with Crippen LogP contribution in [-0.2, 0) is 54.7 Å². The SMILES string of the molecule is CC(C)(C)OC(=O)N(CCCCCCN(Cc1ccccc1)C(=O)OC(C)(C)C)CCCCCC(=O)N(Cc1ccccc1)CC(O)CN(Cc1ccccc1)C(=O)CCCCCN(CCCCCCN(Cc1ccccc1)C(=O)OC(C)(C)C)C(=O)OC(C)(C)C. The molecule has 0 saturated carbocycles. The van der Waals surface area contributed by atoms with Crippen LogP contribution < -0.4 is 0 Å². The molecule has 0 spiro atoms. The molecule has 1 N–H and O–H groups in total. The van der Waals surface area contributed by atoms with Crippen molar-refractivity contribution in [2.24, 2.45) is 0 Å². The number of aliphatic hydroxyl groups excluding tert-OH is 1. The van der Waals surface area contributed by atoms with Crippen LogP contribution in [0.25, 0.3) is 0 Å². The predicted octanol–water partition coefficient (Wildman–Crippen LogP) is 16.0. The van der Waals surface area contributed by atoms with Crippen LogP contribution in [0.4, 0.5) is 19.2 Å². The molecule has 4 rings (SSSR count). The average Bonchev–Trinajstić information content (AvgIpc) is 1.56. The van der Waals surface area contributed by atoms with E-state index in [4.69, 9.17) is 18.9 Å². The summed E-state index contributed by atoms with van der Waals surface area (Å²) < 4.78 is 23.1. The third kappa shape index (κ3) is 34.5. The molecule has 0 fully saturated rings. The second-order valence-corrected chi connectivity index (χ2v) is 28.3. The van der Waals surface area contributed by atoms with Crippen molar-refractivity contribution >= 4 is 36.2 Å². The van der Waals surface area contributed by atoms with Crippen LogP contribution >= 0.6 is 0 Å². The Bertz CT molecular complexity index is 2560. The highest BCUT2D eigenvalue weighted by atomic mass is 16.6. The van der Waals surface area contributed by atoms with Gasteiger partial charge in [0.1, 0.15) is 22.4 Å². The van der Waals surface area contributed by atoms with Crippen LogP contribution in [0.15, 0.2) is 121 Å². The number of rotatable bonds is 38. The van der Waals surface area contributed by atoms with Gasteiger partial charge < -0.3 is 53.5 Å². The van der Waals surface area contributed by atoms with Crippen molar-refractivity contribution in [3.63, 3.8) is 0 Å². The Kier molecular flexibility index (Phi) is 33.7. The summed E-state index contributed by atoms with van der Waals surface area (Å²) >= 11 is 0. The van der Waals surface area contributed by atoms with Gasteiger partial charge in [-0.15, -0.1) is 0 Å². The molecule has 4 aromatic rings. The highest BCUT2D eigenvalue weighted by Crippen LogP contribution is 2.21. The van der Waals surface area contributed by atoms with Crippen LogP contribution in [0, 0.1) is 0 Å². The third-order valence-electron chi connectivity index (χ3n) is 14.9. The average molecular weight is 1280 g/mol. The van der Waals surface area contributed by atoms with Gasteiger partial charge in [-0.25, -0.2) is 19.2 Å². The first-order valence-corrected chi connectivity index (χ1v) is 33.8. The van der Waals surface area contributed by atoms with E-state index >= 15 is 0 Å². The largest absolute Gasteiger partial charge is 0.444 e. The number of carbonyl (C=O) groups is 6. The van der Waals surface area contributed by atoms with E-state index in [1.54, 1.807) is 29.4 Å². The molecule has 510 valence electrons. The normalized spacial score (nSPS) is 11.8. The number of ether oxygens (including phenoxy) is 4. The summed E-state index contributed by atoms with van der Waals surface area (Å²) in [7, 11) is 0. The molecule has 6 amide bonds. The Morgan fingerprint density at radius 1 is 0.304 bits per heavy atom. The quantitative estimate of drug-likeness (QED) is 0.0333. The summed E-state index contributed by atoms with van der Waals surface area (Å²) in [4.78, 5) is 92.1. The molecule has 0 radical (unpaired) electrons. The maximum Gasteiger partial charge on any atom is 0.410 e. The van der Waals surface area contributed by atoms with Crippen LogP contribution in [0.2, 0.25) is 0 Å². The lowest BCUT2D eigenvalue weighted by Crippen LogP contribution is -2.44. The number of amides is 6. The van der Waals surface area contributed by atoms with Crippen molar-refractivity contribution in [3.8, 4) is 0 Å². The highest BCUT2D eigenvalue weighted by Gasteiger charge is 2.28. The number of hydrogen-bond donors (Lipinski definition) is 1. The van der Waals surface area contributed by atoms with Crippen molar-refractivity contribution in [2.45, 2.75) is 241 Å². The van der Waals surface area contributed by atoms with Crippen molar-refractivity contribution < 1.29 is 52.8 Å². The van der Waals surface area contributed by atoms with Gasteiger partial charge in [0.05, 0.1) is 6.10 Å². The van der Waals surface area contributed by atoms with E-state index in [9.17, 15) is 33.9 Å². The first kappa shape index (κ1) is 77.3. The lowest BCUT2D eigenvalue weighted by atomic mass is 10.1. The predicted molar refractivity (Wildman–Crippen MR) is 365 cm³/mol. The molecule has 0 aliphatic heterocycles. The number of nitrogens with zero attached hydrogens (tertiary/aromatic N) is 6. The third-order valence-corrected chi connectivity index (χ3v) is 14.9. The smallest absolute Gasteiger partial charge is 0.410 e. The fourth-order valence-electron chi connectivity index (χ4n) is 10.4. The molecule has 4 aromatic carbocycles. The number of unbranched alkanes of at least 4 members (excludes halogenated alkanes) is 10. The van der Waals surface area contributed by atoms with Gasteiger partial charge in [-0.1, -0.05) is 160 Å². The van der Waals surface area contributed by atoms with Crippen LogP contribution in [0.1, 0.15) is 208 Å². The zero-order valence-corrected chi connectivity index (χ0v) is 58.1. The van der Waals surface area contributed by atoms with Crippen LogP contribution in [0.5, 0.6) is 0 Å². The molecular weight excluding hydrogens is 1160 g/mol. The number of benzene rings is 4. The lowest BCUT2D eigenvalue weighted by molar-refractivity contribution is -0.135. The molecule has 0 aromatic heterocycles. The second-order valence-electron chi connectivity index (χ2n) is 28.3. The minimum atomic E-state index is -1.03. The van der Waals surface area contributed by atoms with Crippen molar-refractivity contribution in [2.75, 3.05) is 52.4 Å². The fraction of sp³-hybridized carbons (Fsp3) is 0.600.